The topological polar surface area (TPSA) is 177 Å². The lowest BCUT2D eigenvalue weighted by Crippen LogP contribution is -2.70. The van der Waals surface area contributed by atoms with Crippen molar-refractivity contribution in [1.82, 2.24) is 14.8 Å². The number of carboxylic acid groups (broad SMARTS) is 1. The van der Waals surface area contributed by atoms with E-state index in [2.05, 4.69) is 64.6 Å². The molecule has 5 fully saturated rings. The average molecular weight is 702 g/mol. The zero-order valence-corrected chi connectivity index (χ0v) is 30.7. The number of hydrogen-bond acceptors (Lipinski definition) is 10. The van der Waals surface area contributed by atoms with Gasteiger partial charge in [0.25, 0.3) is 0 Å². The number of fused-ring (bicyclic) bond motifs is 3. The summed E-state index contributed by atoms with van der Waals surface area (Å²) in [6.07, 6.45) is 3.09. The molecule has 6 aliphatic rings. The van der Waals surface area contributed by atoms with Crippen molar-refractivity contribution in [1.29, 1.82) is 0 Å². The Hall–Kier alpha value is -1.93. The number of rotatable bonds is 7. The molecular weight excluding hydrogens is 642 g/mol. The molecule has 0 spiro atoms. The highest BCUT2D eigenvalue weighted by Gasteiger charge is 2.72. The normalized spacial score (nSPS) is 50.8. The molecule has 5 N–H and O–H groups in total. The summed E-state index contributed by atoms with van der Waals surface area (Å²) < 4.78 is 21.0. The van der Waals surface area contributed by atoms with Gasteiger partial charge in [-0.2, -0.15) is 5.10 Å². The van der Waals surface area contributed by atoms with Crippen LogP contribution in [0.1, 0.15) is 93.0 Å². The molecule has 280 valence electrons. The number of aliphatic hydroxyl groups is 4. The van der Waals surface area contributed by atoms with Crippen LogP contribution in [0, 0.1) is 56.7 Å². The standard InChI is InChI=1S/C38H59N3O9/c1-20(2)21(3)34(4)12-13-36(6)22-8-9-26-35(5)16-48-17-38(26,23(22)10-11-37(36,7)30(34)32(46)47)14-24(41-19-39-18-40-41)31(35)50-33-29(45)28(44)27(43)25(15-42)49-33/h10,18-22,24-31,33,42-45H,8-9,11-17H2,1-7H3,(H,46,47)/t21-,22+,24-,25-,26+,27-,28+,29-,30-,31+,33+,34-,35?,36-,37+,38+/m1/s1. The van der Waals surface area contributed by atoms with E-state index in [1.54, 1.807) is 6.33 Å². The molecule has 3 heterocycles. The van der Waals surface area contributed by atoms with Crippen molar-refractivity contribution in [2.45, 2.75) is 130 Å². The molecule has 1 aromatic heterocycles. The minimum absolute atomic E-state index is 0.152. The zero-order chi connectivity index (χ0) is 36.2. The Balaban J connectivity index is 1.29. The van der Waals surface area contributed by atoms with Crippen LogP contribution in [-0.4, -0.2) is 103 Å². The lowest BCUT2D eigenvalue weighted by atomic mass is 9.34. The number of nitrogens with zero attached hydrogens (tertiary/aromatic N) is 3. The Kier molecular flexibility index (Phi) is 8.97. The van der Waals surface area contributed by atoms with E-state index in [9.17, 15) is 30.3 Å². The quantitative estimate of drug-likeness (QED) is 0.208. The van der Waals surface area contributed by atoms with Gasteiger partial charge in [-0.25, -0.2) is 9.67 Å². The molecule has 0 amide bonds. The molecule has 16 atom stereocenters. The molecule has 50 heavy (non-hydrogen) atoms. The van der Waals surface area contributed by atoms with Crippen LogP contribution in [0.15, 0.2) is 24.3 Å². The minimum Gasteiger partial charge on any atom is -0.481 e. The van der Waals surface area contributed by atoms with Crippen LogP contribution < -0.4 is 0 Å². The van der Waals surface area contributed by atoms with Crippen molar-refractivity contribution in [3.63, 3.8) is 0 Å². The smallest absolute Gasteiger partial charge is 0.307 e. The molecule has 1 unspecified atom stereocenters. The summed E-state index contributed by atoms with van der Waals surface area (Å²) in [5, 5.41) is 57.6. The van der Waals surface area contributed by atoms with Gasteiger partial charge < -0.3 is 39.7 Å². The van der Waals surface area contributed by atoms with Crippen LogP contribution in [0.2, 0.25) is 0 Å². The molecule has 2 aliphatic heterocycles. The van der Waals surface area contributed by atoms with Gasteiger partial charge >= 0.3 is 5.97 Å². The van der Waals surface area contributed by atoms with Gasteiger partial charge in [-0.05, 0) is 78.4 Å². The summed E-state index contributed by atoms with van der Waals surface area (Å²) in [7, 11) is 0. The van der Waals surface area contributed by atoms with Gasteiger partial charge in [0.05, 0.1) is 37.9 Å². The lowest BCUT2D eigenvalue weighted by Gasteiger charge is -2.71. The largest absolute Gasteiger partial charge is 0.481 e. The summed E-state index contributed by atoms with van der Waals surface area (Å²) in [4.78, 5) is 17.7. The summed E-state index contributed by atoms with van der Waals surface area (Å²) in [6, 6.07) is -0.330. The summed E-state index contributed by atoms with van der Waals surface area (Å²) >= 11 is 0. The highest BCUT2D eigenvalue weighted by Crippen LogP contribution is 2.75. The fourth-order valence-corrected chi connectivity index (χ4v) is 12.8. The number of aromatic nitrogens is 3. The molecule has 12 nitrogen and oxygen atoms in total. The maximum atomic E-state index is 13.4. The SMILES string of the molecule is CC(C)[C@@H](C)[C@@]1(C)CC[C@]2(C)[C@H]3CC[C@H]4C5(C)COC[C@@]4(C[C@@H](n4cncn4)[C@@H]5O[C@@H]4O[C@H](CO)[C@@H](O)[C@H](O)[C@H]4O)C3=CC[C@@]2(C)[C@@H]1C(=O)O. The van der Waals surface area contributed by atoms with Gasteiger partial charge in [-0.1, -0.05) is 60.1 Å². The lowest BCUT2D eigenvalue weighted by molar-refractivity contribution is -0.343. The van der Waals surface area contributed by atoms with E-state index < -0.39 is 66.1 Å². The van der Waals surface area contributed by atoms with E-state index in [0.29, 0.717) is 32.0 Å². The third kappa shape index (κ3) is 4.84. The first-order valence-corrected chi connectivity index (χ1v) is 18.8. The monoisotopic (exact) mass is 701 g/mol. The molecule has 7 rings (SSSR count). The third-order valence-corrected chi connectivity index (χ3v) is 16.0. The number of aliphatic hydroxyl groups excluding tert-OH is 4. The predicted molar refractivity (Wildman–Crippen MR) is 181 cm³/mol. The number of hydrogen-bond donors (Lipinski definition) is 5. The first kappa shape index (κ1) is 36.4. The van der Waals surface area contributed by atoms with E-state index in [-0.39, 0.29) is 40.0 Å². The minimum atomic E-state index is -1.55. The highest BCUT2D eigenvalue weighted by atomic mass is 16.7. The molecule has 12 heteroatoms. The third-order valence-electron chi connectivity index (χ3n) is 16.0. The first-order chi connectivity index (χ1) is 23.5. The first-order valence-electron chi connectivity index (χ1n) is 18.8. The van der Waals surface area contributed by atoms with Gasteiger partial charge in [0, 0.05) is 10.8 Å². The van der Waals surface area contributed by atoms with Crippen molar-refractivity contribution in [2.24, 2.45) is 56.7 Å². The molecule has 3 saturated carbocycles. The van der Waals surface area contributed by atoms with E-state index in [1.165, 1.54) is 11.9 Å². The highest BCUT2D eigenvalue weighted by molar-refractivity contribution is 5.73. The van der Waals surface area contributed by atoms with Crippen LogP contribution >= 0.6 is 0 Å². The number of aliphatic carboxylic acids is 1. The Morgan fingerprint density at radius 1 is 1.04 bits per heavy atom. The van der Waals surface area contributed by atoms with Crippen molar-refractivity contribution in [2.75, 3.05) is 19.8 Å². The number of carbonyl (C=O) groups is 1. The Morgan fingerprint density at radius 3 is 2.42 bits per heavy atom. The molecule has 1 aromatic rings. The second-order valence-corrected chi connectivity index (χ2v) is 18.2. The van der Waals surface area contributed by atoms with Crippen LogP contribution in [-0.2, 0) is 19.0 Å². The van der Waals surface area contributed by atoms with Gasteiger partial charge in [0.1, 0.15) is 37.1 Å². The summed E-state index contributed by atoms with van der Waals surface area (Å²) in [6.45, 7) is 16.1. The maximum absolute atomic E-state index is 13.4. The van der Waals surface area contributed by atoms with Crippen LogP contribution in [0.3, 0.4) is 0 Å². The fraction of sp³-hybridized carbons (Fsp3) is 0.868. The van der Waals surface area contributed by atoms with E-state index in [4.69, 9.17) is 14.2 Å². The average Bonchev–Trinajstić information content (AvgIpc) is 3.61. The van der Waals surface area contributed by atoms with Crippen molar-refractivity contribution < 1.29 is 44.5 Å². The zero-order valence-electron chi connectivity index (χ0n) is 30.7. The van der Waals surface area contributed by atoms with Gasteiger partial charge in [-0.15, -0.1) is 0 Å². The second kappa shape index (κ2) is 12.3. The van der Waals surface area contributed by atoms with E-state index in [1.807, 2.05) is 4.68 Å². The van der Waals surface area contributed by atoms with Crippen LogP contribution in [0.5, 0.6) is 0 Å². The molecule has 0 aromatic carbocycles. The van der Waals surface area contributed by atoms with Crippen LogP contribution in [0.25, 0.3) is 0 Å². The van der Waals surface area contributed by atoms with Gasteiger partial charge in [-0.3, -0.25) is 4.79 Å². The maximum Gasteiger partial charge on any atom is 0.307 e. The summed E-state index contributed by atoms with van der Waals surface area (Å²) in [5.74, 6) is -0.160. The molecule has 0 radical (unpaired) electrons. The second-order valence-electron chi connectivity index (χ2n) is 18.2. The predicted octanol–water partition coefficient (Wildman–Crippen LogP) is 3.59. The molecule has 2 bridgehead atoms. The Morgan fingerprint density at radius 2 is 1.78 bits per heavy atom. The molecule has 4 aliphatic carbocycles. The summed E-state index contributed by atoms with van der Waals surface area (Å²) in [5.41, 5.74) is -0.506. The van der Waals surface area contributed by atoms with Gasteiger partial charge in [0.2, 0.25) is 0 Å². The van der Waals surface area contributed by atoms with Gasteiger partial charge in [0.15, 0.2) is 6.29 Å². The van der Waals surface area contributed by atoms with E-state index >= 15 is 0 Å². The number of ether oxygens (including phenoxy) is 3. The Bertz CT molecular complexity index is 1470. The number of carboxylic acids is 1. The van der Waals surface area contributed by atoms with Crippen molar-refractivity contribution in [3.8, 4) is 0 Å². The van der Waals surface area contributed by atoms with Crippen LogP contribution in [0.4, 0.5) is 0 Å². The van der Waals surface area contributed by atoms with E-state index in [0.717, 1.165) is 25.7 Å². The Labute approximate surface area is 295 Å². The molecule has 2 saturated heterocycles. The van der Waals surface area contributed by atoms with Crippen molar-refractivity contribution in [3.05, 3.63) is 24.3 Å². The van der Waals surface area contributed by atoms with Crippen molar-refractivity contribution >= 4 is 5.97 Å². The number of allylic oxidation sites excluding steroid dienone is 1. The molecular formula is C38H59N3O9. The fourth-order valence-electron chi connectivity index (χ4n) is 12.8.